The van der Waals surface area contributed by atoms with E-state index in [-0.39, 0.29) is 17.5 Å². The van der Waals surface area contributed by atoms with Gasteiger partial charge in [0.2, 0.25) is 5.91 Å². The van der Waals surface area contributed by atoms with Gasteiger partial charge in [0.25, 0.3) is 0 Å². The summed E-state index contributed by atoms with van der Waals surface area (Å²) >= 11 is 1.70. The van der Waals surface area contributed by atoms with E-state index < -0.39 is 5.54 Å². The molecule has 0 spiro atoms. The van der Waals surface area contributed by atoms with Gasteiger partial charge in [0.05, 0.1) is 5.54 Å². The predicted octanol–water partition coefficient (Wildman–Crippen LogP) is 3.93. The summed E-state index contributed by atoms with van der Waals surface area (Å²) in [4.78, 5) is 15.3. The minimum atomic E-state index is -0.425. The highest BCUT2D eigenvalue weighted by Gasteiger charge is 2.53. The maximum atomic E-state index is 13.1. The lowest BCUT2D eigenvalue weighted by Gasteiger charge is -2.38. The van der Waals surface area contributed by atoms with Gasteiger partial charge in [-0.1, -0.05) is 27.2 Å². The van der Waals surface area contributed by atoms with Crippen molar-refractivity contribution in [3.05, 3.63) is 22.4 Å². The van der Waals surface area contributed by atoms with Crippen LogP contribution in [0.3, 0.4) is 0 Å². The van der Waals surface area contributed by atoms with Crippen LogP contribution in [0.4, 0.5) is 0 Å². The van der Waals surface area contributed by atoms with Gasteiger partial charge >= 0.3 is 0 Å². The molecular weight excluding hydrogens is 280 g/mol. The van der Waals surface area contributed by atoms with Crippen LogP contribution in [-0.4, -0.2) is 22.4 Å². The zero-order valence-corrected chi connectivity index (χ0v) is 14.3. The molecule has 0 aromatic carbocycles. The van der Waals surface area contributed by atoms with Crippen LogP contribution in [0.1, 0.15) is 65.1 Å². The quantitative estimate of drug-likeness (QED) is 0.918. The fraction of sp³-hybridized carbons (Fsp3) is 0.706. The predicted molar refractivity (Wildman–Crippen MR) is 87.2 cm³/mol. The Labute approximate surface area is 131 Å². The van der Waals surface area contributed by atoms with Crippen LogP contribution < -0.4 is 5.32 Å². The van der Waals surface area contributed by atoms with E-state index in [1.54, 1.807) is 11.3 Å². The number of thiophene rings is 1. The minimum Gasteiger partial charge on any atom is -0.318 e. The van der Waals surface area contributed by atoms with E-state index in [1.807, 2.05) is 0 Å². The van der Waals surface area contributed by atoms with Gasteiger partial charge in [-0.2, -0.15) is 11.3 Å². The molecule has 0 radical (unpaired) electrons. The number of rotatable bonds is 3. The van der Waals surface area contributed by atoms with Crippen molar-refractivity contribution >= 4 is 17.2 Å². The second-order valence-corrected chi connectivity index (χ2v) is 8.18. The molecule has 21 heavy (non-hydrogen) atoms. The molecule has 3 atom stereocenters. The average molecular weight is 306 g/mol. The largest absolute Gasteiger partial charge is 0.318 e. The summed E-state index contributed by atoms with van der Waals surface area (Å²) < 4.78 is 0. The van der Waals surface area contributed by atoms with Crippen molar-refractivity contribution < 1.29 is 4.79 Å². The normalized spacial score (nSPS) is 35.6. The summed E-state index contributed by atoms with van der Waals surface area (Å²) in [7, 11) is 0. The topological polar surface area (TPSA) is 32.3 Å². The SMILES string of the molecule is CCC1(C)NC(c2ccsc2)N(C2CCCC2(C)C)C1=O. The Hall–Kier alpha value is -0.870. The van der Waals surface area contributed by atoms with E-state index in [0.717, 1.165) is 12.8 Å². The Morgan fingerprint density at radius 1 is 1.43 bits per heavy atom. The molecular formula is C17H26N2OS. The number of carbonyl (C=O) groups is 1. The molecule has 1 aromatic heterocycles. The third-order valence-electron chi connectivity index (χ3n) is 5.54. The third-order valence-corrected chi connectivity index (χ3v) is 6.24. The maximum Gasteiger partial charge on any atom is 0.244 e. The van der Waals surface area contributed by atoms with E-state index in [0.29, 0.717) is 6.04 Å². The third kappa shape index (κ3) is 2.33. The number of hydrogen-bond acceptors (Lipinski definition) is 3. The Bertz CT molecular complexity index is 525. The highest BCUT2D eigenvalue weighted by Crippen LogP contribution is 2.46. The molecule has 4 heteroatoms. The van der Waals surface area contributed by atoms with Crippen molar-refractivity contribution in [2.45, 2.75) is 71.1 Å². The van der Waals surface area contributed by atoms with E-state index >= 15 is 0 Å². The summed E-state index contributed by atoms with van der Waals surface area (Å²) in [5, 5.41) is 7.88. The molecule has 0 bridgehead atoms. The highest BCUT2D eigenvalue weighted by molar-refractivity contribution is 7.07. The summed E-state index contributed by atoms with van der Waals surface area (Å²) in [5.41, 5.74) is 1.02. The molecule has 116 valence electrons. The van der Waals surface area contributed by atoms with Crippen LogP contribution in [0.25, 0.3) is 0 Å². The fourth-order valence-corrected chi connectivity index (χ4v) is 4.59. The molecule has 1 N–H and O–H groups in total. The zero-order chi connectivity index (χ0) is 15.3. The Kier molecular flexibility index (Phi) is 3.65. The highest BCUT2D eigenvalue weighted by atomic mass is 32.1. The van der Waals surface area contributed by atoms with Crippen LogP contribution in [0.2, 0.25) is 0 Å². The van der Waals surface area contributed by atoms with Gasteiger partial charge in [0, 0.05) is 6.04 Å². The lowest BCUT2D eigenvalue weighted by Crippen LogP contribution is -2.47. The van der Waals surface area contributed by atoms with Gasteiger partial charge in [-0.25, -0.2) is 0 Å². The molecule has 3 nitrogen and oxygen atoms in total. The van der Waals surface area contributed by atoms with Crippen molar-refractivity contribution in [2.75, 3.05) is 0 Å². The Morgan fingerprint density at radius 2 is 2.19 bits per heavy atom. The summed E-state index contributed by atoms with van der Waals surface area (Å²) in [6.07, 6.45) is 4.43. The fourth-order valence-electron chi connectivity index (χ4n) is 3.91. The molecule has 1 saturated heterocycles. The van der Waals surface area contributed by atoms with Crippen LogP contribution >= 0.6 is 11.3 Å². The van der Waals surface area contributed by atoms with Crippen molar-refractivity contribution in [3.8, 4) is 0 Å². The lowest BCUT2D eigenvalue weighted by molar-refractivity contribution is -0.137. The monoisotopic (exact) mass is 306 g/mol. The van der Waals surface area contributed by atoms with Gasteiger partial charge in [-0.15, -0.1) is 0 Å². The van der Waals surface area contributed by atoms with Crippen LogP contribution in [0.5, 0.6) is 0 Å². The number of nitrogens with zero attached hydrogens (tertiary/aromatic N) is 1. The number of nitrogens with one attached hydrogen (secondary N) is 1. The van der Waals surface area contributed by atoms with Crippen LogP contribution in [0.15, 0.2) is 16.8 Å². The van der Waals surface area contributed by atoms with E-state index in [2.05, 4.69) is 54.7 Å². The molecule has 3 unspecified atom stereocenters. The van der Waals surface area contributed by atoms with Gasteiger partial charge < -0.3 is 4.90 Å². The lowest BCUT2D eigenvalue weighted by atomic mass is 9.85. The summed E-state index contributed by atoms with van der Waals surface area (Å²) in [6.45, 7) is 8.77. The molecule has 2 heterocycles. The van der Waals surface area contributed by atoms with Crippen molar-refractivity contribution in [3.63, 3.8) is 0 Å². The first-order valence-corrected chi connectivity index (χ1v) is 8.96. The van der Waals surface area contributed by atoms with E-state index in [4.69, 9.17) is 0 Å². The molecule has 1 aliphatic heterocycles. The first kappa shape index (κ1) is 15.0. The van der Waals surface area contributed by atoms with Gasteiger partial charge in [-0.05, 0) is 54.0 Å². The van der Waals surface area contributed by atoms with Crippen molar-refractivity contribution in [1.82, 2.24) is 10.2 Å². The Balaban J connectivity index is 2.00. The second-order valence-electron chi connectivity index (χ2n) is 7.40. The molecule has 3 rings (SSSR count). The molecule has 1 aliphatic carbocycles. The molecule has 2 fully saturated rings. The van der Waals surface area contributed by atoms with Gasteiger partial charge in [0.1, 0.15) is 6.17 Å². The zero-order valence-electron chi connectivity index (χ0n) is 13.5. The van der Waals surface area contributed by atoms with Gasteiger partial charge in [-0.3, -0.25) is 10.1 Å². The Morgan fingerprint density at radius 3 is 2.71 bits per heavy atom. The summed E-state index contributed by atoms with van der Waals surface area (Å²) in [5.74, 6) is 0.279. The first-order chi connectivity index (χ1) is 9.89. The number of amides is 1. The average Bonchev–Trinajstić information content (AvgIpc) is 3.11. The smallest absolute Gasteiger partial charge is 0.244 e. The van der Waals surface area contributed by atoms with Crippen molar-refractivity contribution in [1.29, 1.82) is 0 Å². The molecule has 1 amide bonds. The first-order valence-electron chi connectivity index (χ1n) is 8.01. The van der Waals surface area contributed by atoms with Crippen LogP contribution in [-0.2, 0) is 4.79 Å². The summed E-state index contributed by atoms with van der Waals surface area (Å²) in [6, 6.07) is 2.49. The maximum absolute atomic E-state index is 13.1. The van der Waals surface area contributed by atoms with E-state index in [9.17, 15) is 4.79 Å². The minimum absolute atomic E-state index is 0.0380. The molecule has 1 aromatic rings. The number of hydrogen-bond donors (Lipinski definition) is 1. The molecule has 2 aliphatic rings. The van der Waals surface area contributed by atoms with Crippen LogP contribution in [0, 0.1) is 5.41 Å². The standard InChI is InChI=1S/C17H26N2OS/c1-5-17(4)15(20)19(13-7-6-9-16(13,2)3)14(18-17)12-8-10-21-11-12/h8,10-11,13-14,18H,5-7,9H2,1-4H3. The number of carbonyl (C=O) groups excluding carboxylic acids is 1. The van der Waals surface area contributed by atoms with E-state index in [1.165, 1.54) is 18.4 Å². The van der Waals surface area contributed by atoms with Crippen molar-refractivity contribution in [2.24, 2.45) is 5.41 Å². The second kappa shape index (κ2) is 5.10. The molecule has 1 saturated carbocycles. The van der Waals surface area contributed by atoms with Gasteiger partial charge in [0.15, 0.2) is 0 Å².